The van der Waals surface area contributed by atoms with Gasteiger partial charge in [0.2, 0.25) is 0 Å². The van der Waals surface area contributed by atoms with Crippen LogP contribution >= 0.6 is 11.8 Å². The molecule has 1 aliphatic heterocycles. The van der Waals surface area contributed by atoms with E-state index in [9.17, 15) is 0 Å². The summed E-state index contributed by atoms with van der Waals surface area (Å²) < 4.78 is 0.830. The number of thioether (sulfide) groups is 1. The van der Waals surface area contributed by atoms with E-state index in [1.54, 1.807) is 0 Å². The minimum atomic E-state index is 0.830. The van der Waals surface area contributed by atoms with E-state index in [-0.39, 0.29) is 0 Å². The van der Waals surface area contributed by atoms with Crippen molar-refractivity contribution in [1.82, 2.24) is 0 Å². The summed E-state index contributed by atoms with van der Waals surface area (Å²) in [6.45, 7) is 0. The third-order valence-corrected chi connectivity index (χ3v) is 4.08. The highest BCUT2D eigenvalue weighted by Crippen LogP contribution is 2.53. The van der Waals surface area contributed by atoms with Crippen LogP contribution in [0, 0.1) is 0 Å². The second kappa shape index (κ2) is 2.19. The summed E-state index contributed by atoms with van der Waals surface area (Å²) in [7, 11) is 0. The van der Waals surface area contributed by atoms with Crippen molar-refractivity contribution in [2.24, 2.45) is 0 Å². The molecule has 0 amide bonds. The van der Waals surface area contributed by atoms with Gasteiger partial charge in [0.15, 0.2) is 0 Å². The first-order valence-corrected chi connectivity index (χ1v) is 5.04. The normalized spacial score (nSPS) is 32.0. The zero-order chi connectivity index (χ0) is 6.16. The maximum Gasteiger partial charge on any atom is 0.0251 e. The van der Waals surface area contributed by atoms with Gasteiger partial charge in [0.1, 0.15) is 0 Å². The van der Waals surface area contributed by atoms with E-state index in [1.165, 1.54) is 44.3 Å². The Hall–Kier alpha value is 0.350. The van der Waals surface area contributed by atoms with Gasteiger partial charge in [0.05, 0.1) is 0 Å². The SMILES string of the molecule is C1CCCC2(CC1)CS2. The molecule has 0 nitrogen and oxygen atoms in total. The molecule has 0 N–H and O–H groups in total. The molecule has 0 atom stereocenters. The van der Waals surface area contributed by atoms with Gasteiger partial charge in [-0.1, -0.05) is 25.7 Å². The molecule has 52 valence electrons. The molecule has 0 radical (unpaired) electrons. The second-order valence-corrected chi connectivity index (χ2v) is 4.83. The van der Waals surface area contributed by atoms with Crippen LogP contribution in [0.15, 0.2) is 0 Å². The molecule has 0 bridgehead atoms. The molecule has 2 fully saturated rings. The number of hydrogen-bond acceptors (Lipinski definition) is 1. The predicted octanol–water partition coefficient (Wildman–Crippen LogP) is 2.83. The Kier molecular flexibility index (Phi) is 1.48. The fraction of sp³-hybridized carbons (Fsp3) is 1.00. The van der Waals surface area contributed by atoms with E-state index in [0.717, 1.165) is 4.75 Å². The molecular weight excluding hydrogens is 128 g/mol. The summed E-state index contributed by atoms with van der Waals surface area (Å²) in [5, 5.41) is 0. The molecule has 1 saturated carbocycles. The van der Waals surface area contributed by atoms with Gasteiger partial charge in [0.25, 0.3) is 0 Å². The smallest absolute Gasteiger partial charge is 0.0251 e. The van der Waals surface area contributed by atoms with Crippen LogP contribution in [0.3, 0.4) is 0 Å². The molecule has 2 aliphatic rings. The highest BCUT2D eigenvalue weighted by Gasteiger charge is 2.42. The fourth-order valence-electron chi connectivity index (χ4n) is 1.76. The van der Waals surface area contributed by atoms with E-state index in [2.05, 4.69) is 11.8 Å². The van der Waals surface area contributed by atoms with Gasteiger partial charge in [-0.15, -0.1) is 0 Å². The van der Waals surface area contributed by atoms with Crippen LogP contribution in [0.1, 0.15) is 38.5 Å². The molecule has 2 rings (SSSR count). The molecule has 0 aromatic rings. The van der Waals surface area contributed by atoms with Crippen molar-refractivity contribution in [3.05, 3.63) is 0 Å². The van der Waals surface area contributed by atoms with E-state index >= 15 is 0 Å². The predicted molar refractivity (Wildman–Crippen MR) is 42.9 cm³/mol. The van der Waals surface area contributed by atoms with Crippen molar-refractivity contribution in [3.63, 3.8) is 0 Å². The zero-order valence-electron chi connectivity index (χ0n) is 5.86. The molecule has 1 aliphatic carbocycles. The van der Waals surface area contributed by atoms with Gasteiger partial charge < -0.3 is 0 Å². The zero-order valence-corrected chi connectivity index (χ0v) is 6.67. The summed E-state index contributed by atoms with van der Waals surface area (Å²) in [5.41, 5.74) is 0. The van der Waals surface area contributed by atoms with Crippen LogP contribution in [-0.2, 0) is 0 Å². The molecule has 9 heavy (non-hydrogen) atoms. The van der Waals surface area contributed by atoms with E-state index in [1.807, 2.05) is 0 Å². The highest BCUT2D eigenvalue weighted by atomic mass is 32.2. The summed E-state index contributed by atoms with van der Waals surface area (Å²) in [4.78, 5) is 0. The quantitative estimate of drug-likeness (QED) is 0.469. The summed E-state index contributed by atoms with van der Waals surface area (Å²) in [6.07, 6.45) is 9.07. The van der Waals surface area contributed by atoms with Gasteiger partial charge in [-0.3, -0.25) is 0 Å². The lowest BCUT2D eigenvalue weighted by atomic mass is 10.0. The van der Waals surface area contributed by atoms with E-state index in [0.29, 0.717) is 0 Å². The summed E-state index contributed by atoms with van der Waals surface area (Å²) in [5.74, 6) is 1.48. The summed E-state index contributed by atoms with van der Waals surface area (Å²) >= 11 is 2.20. The van der Waals surface area contributed by atoms with Crippen LogP contribution < -0.4 is 0 Å². The molecule has 0 unspecified atom stereocenters. The van der Waals surface area contributed by atoms with Crippen LogP contribution in [0.5, 0.6) is 0 Å². The van der Waals surface area contributed by atoms with Crippen LogP contribution in [0.2, 0.25) is 0 Å². The Labute approximate surface area is 61.4 Å². The van der Waals surface area contributed by atoms with Crippen molar-refractivity contribution >= 4 is 11.8 Å². The largest absolute Gasteiger partial charge is 0.153 e. The van der Waals surface area contributed by atoms with Gasteiger partial charge >= 0.3 is 0 Å². The number of rotatable bonds is 0. The van der Waals surface area contributed by atoms with Gasteiger partial charge in [-0.2, -0.15) is 11.8 Å². The van der Waals surface area contributed by atoms with Crippen molar-refractivity contribution in [1.29, 1.82) is 0 Å². The first kappa shape index (κ1) is 6.09. The Balaban J connectivity index is 1.92. The topological polar surface area (TPSA) is 0 Å². The van der Waals surface area contributed by atoms with Crippen molar-refractivity contribution < 1.29 is 0 Å². The Morgan fingerprint density at radius 3 is 1.89 bits per heavy atom. The van der Waals surface area contributed by atoms with Crippen molar-refractivity contribution in [2.75, 3.05) is 5.75 Å². The number of hydrogen-bond donors (Lipinski definition) is 0. The lowest BCUT2D eigenvalue weighted by Gasteiger charge is -2.05. The molecule has 0 aromatic carbocycles. The molecular formula is C8H14S. The Morgan fingerprint density at radius 2 is 1.44 bits per heavy atom. The molecule has 1 saturated heterocycles. The molecule has 1 spiro atoms. The maximum atomic E-state index is 2.20. The van der Waals surface area contributed by atoms with Gasteiger partial charge in [0, 0.05) is 10.5 Å². The Bertz CT molecular complexity index is 95.1. The third-order valence-electron chi connectivity index (χ3n) is 2.57. The molecule has 1 heteroatoms. The standard InChI is InChI=1S/C8H14S/c1-2-4-6-8(5-3-1)7-9-8/h1-7H2. The first-order valence-electron chi connectivity index (χ1n) is 4.05. The lowest BCUT2D eigenvalue weighted by Crippen LogP contribution is -2.05. The first-order chi connectivity index (χ1) is 4.41. The maximum absolute atomic E-state index is 2.20. The van der Waals surface area contributed by atoms with Crippen LogP contribution in [-0.4, -0.2) is 10.5 Å². The van der Waals surface area contributed by atoms with Crippen LogP contribution in [0.4, 0.5) is 0 Å². The van der Waals surface area contributed by atoms with Crippen molar-refractivity contribution in [2.45, 2.75) is 43.3 Å². The van der Waals surface area contributed by atoms with Crippen LogP contribution in [0.25, 0.3) is 0 Å². The van der Waals surface area contributed by atoms with Gasteiger partial charge in [-0.25, -0.2) is 0 Å². The minimum absolute atomic E-state index is 0.830. The second-order valence-electron chi connectivity index (χ2n) is 3.39. The Morgan fingerprint density at radius 1 is 0.889 bits per heavy atom. The summed E-state index contributed by atoms with van der Waals surface area (Å²) in [6, 6.07) is 0. The average Bonchev–Trinajstić information content (AvgIpc) is 2.64. The minimum Gasteiger partial charge on any atom is -0.153 e. The third kappa shape index (κ3) is 1.26. The van der Waals surface area contributed by atoms with Gasteiger partial charge in [-0.05, 0) is 12.8 Å². The molecule has 1 heterocycles. The fourth-order valence-corrected chi connectivity index (χ4v) is 2.83. The average molecular weight is 142 g/mol. The van der Waals surface area contributed by atoms with E-state index < -0.39 is 0 Å². The monoisotopic (exact) mass is 142 g/mol. The van der Waals surface area contributed by atoms with Crippen molar-refractivity contribution in [3.8, 4) is 0 Å². The highest BCUT2D eigenvalue weighted by molar-refractivity contribution is 8.07. The van der Waals surface area contributed by atoms with E-state index in [4.69, 9.17) is 0 Å². The molecule has 0 aromatic heterocycles. The lowest BCUT2D eigenvalue weighted by molar-refractivity contribution is 0.613.